The molecule has 1 unspecified atom stereocenters. The van der Waals surface area contributed by atoms with Crippen LogP contribution < -0.4 is 0 Å². The summed E-state index contributed by atoms with van der Waals surface area (Å²) in [6.07, 6.45) is 1.37. The van der Waals surface area contributed by atoms with Crippen molar-refractivity contribution in [2.75, 3.05) is 0 Å². The van der Waals surface area contributed by atoms with Gasteiger partial charge in [0.2, 0.25) is 0 Å². The van der Waals surface area contributed by atoms with Gasteiger partial charge in [0.1, 0.15) is 0 Å². The normalized spacial score (nSPS) is 13.3. The smallest absolute Gasteiger partial charge is 0.194 e. The molecule has 0 aliphatic carbocycles. The SMILES string of the molecule is CCC(CC)C(C#N)S(=O)(=O)c1ccc(Br)cc1. The first kappa shape index (κ1) is 15.2. The summed E-state index contributed by atoms with van der Waals surface area (Å²) in [5, 5.41) is 8.21. The minimum atomic E-state index is -3.57. The van der Waals surface area contributed by atoms with Crippen LogP contribution in [0, 0.1) is 17.2 Å². The van der Waals surface area contributed by atoms with Gasteiger partial charge in [-0.25, -0.2) is 8.42 Å². The van der Waals surface area contributed by atoms with Crippen molar-refractivity contribution in [2.45, 2.75) is 36.8 Å². The molecule has 0 fully saturated rings. The molecule has 3 nitrogen and oxygen atoms in total. The first-order chi connectivity index (χ1) is 8.47. The van der Waals surface area contributed by atoms with Gasteiger partial charge < -0.3 is 0 Å². The number of benzene rings is 1. The summed E-state index contributed by atoms with van der Waals surface area (Å²) in [5.41, 5.74) is 0. The van der Waals surface area contributed by atoms with Gasteiger partial charge in [0.05, 0.1) is 11.0 Å². The molecule has 1 aromatic rings. The second kappa shape index (κ2) is 6.35. The Hall–Kier alpha value is -0.860. The first-order valence-corrected chi connectivity index (χ1v) is 8.20. The third kappa shape index (κ3) is 3.12. The Morgan fingerprint density at radius 1 is 1.22 bits per heavy atom. The second-order valence-electron chi connectivity index (χ2n) is 4.13. The lowest BCUT2D eigenvalue weighted by molar-refractivity contribution is 0.486. The van der Waals surface area contributed by atoms with Crippen LogP contribution in [0.3, 0.4) is 0 Å². The van der Waals surface area contributed by atoms with Gasteiger partial charge >= 0.3 is 0 Å². The number of nitrogens with zero attached hydrogens (tertiary/aromatic N) is 1. The lowest BCUT2D eigenvalue weighted by Gasteiger charge is -2.19. The van der Waals surface area contributed by atoms with Gasteiger partial charge in [-0.15, -0.1) is 0 Å². The van der Waals surface area contributed by atoms with Crippen LogP contribution in [0.5, 0.6) is 0 Å². The lowest BCUT2D eigenvalue weighted by atomic mass is 10.0. The van der Waals surface area contributed by atoms with Crippen molar-refractivity contribution in [1.29, 1.82) is 5.26 Å². The summed E-state index contributed by atoms with van der Waals surface area (Å²) < 4.78 is 25.6. The molecular formula is C13H16BrNO2S. The van der Waals surface area contributed by atoms with Gasteiger partial charge in [-0.3, -0.25) is 0 Å². The van der Waals surface area contributed by atoms with Gasteiger partial charge in [-0.1, -0.05) is 42.6 Å². The quantitative estimate of drug-likeness (QED) is 0.829. The molecule has 0 bridgehead atoms. The molecule has 0 radical (unpaired) electrons. The Bertz CT molecular complexity index is 527. The van der Waals surface area contributed by atoms with E-state index in [1.165, 1.54) is 12.1 Å². The summed E-state index contributed by atoms with van der Waals surface area (Å²) in [5.74, 6) is -0.122. The number of sulfone groups is 1. The highest BCUT2D eigenvalue weighted by molar-refractivity contribution is 9.10. The van der Waals surface area contributed by atoms with Crippen molar-refractivity contribution in [1.82, 2.24) is 0 Å². The Labute approximate surface area is 117 Å². The maximum absolute atomic E-state index is 12.4. The van der Waals surface area contributed by atoms with Crippen molar-refractivity contribution in [3.63, 3.8) is 0 Å². The van der Waals surface area contributed by atoms with Gasteiger partial charge in [0.15, 0.2) is 15.1 Å². The predicted molar refractivity (Wildman–Crippen MR) is 74.8 cm³/mol. The topological polar surface area (TPSA) is 57.9 Å². The van der Waals surface area contributed by atoms with Gasteiger partial charge in [0.25, 0.3) is 0 Å². The van der Waals surface area contributed by atoms with Gasteiger partial charge in [0, 0.05) is 4.47 Å². The number of nitriles is 1. The van der Waals surface area contributed by atoms with Crippen LogP contribution in [0.15, 0.2) is 33.6 Å². The van der Waals surface area contributed by atoms with E-state index in [0.717, 1.165) is 4.47 Å². The molecule has 18 heavy (non-hydrogen) atoms. The van der Waals surface area contributed by atoms with Crippen LogP contribution in [0.25, 0.3) is 0 Å². The molecule has 0 aliphatic heterocycles. The molecule has 0 heterocycles. The van der Waals surface area contributed by atoms with E-state index in [0.29, 0.717) is 12.8 Å². The van der Waals surface area contributed by atoms with Crippen molar-refractivity contribution in [2.24, 2.45) is 5.92 Å². The molecule has 0 spiro atoms. The molecule has 0 aliphatic rings. The van der Waals surface area contributed by atoms with Crippen molar-refractivity contribution < 1.29 is 8.42 Å². The van der Waals surface area contributed by atoms with Gasteiger partial charge in [-0.05, 0) is 30.2 Å². The Morgan fingerprint density at radius 3 is 2.11 bits per heavy atom. The molecule has 1 atom stereocenters. The maximum atomic E-state index is 12.4. The summed E-state index contributed by atoms with van der Waals surface area (Å²) in [7, 11) is -3.57. The third-order valence-corrected chi connectivity index (χ3v) is 5.70. The Morgan fingerprint density at radius 2 is 1.72 bits per heavy atom. The third-order valence-electron chi connectivity index (χ3n) is 3.08. The van der Waals surface area contributed by atoms with E-state index in [2.05, 4.69) is 15.9 Å². The number of hydrogen-bond donors (Lipinski definition) is 0. The number of rotatable bonds is 5. The lowest BCUT2D eigenvalue weighted by Crippen LogP contribution is -2.28. The van der Waals surface area contributed by atoms with Crippen LogP contribution in [-0.2, 0) is 9.84 Å². The van der Waals surface area contributed by atoms with Crippen molar-refractivity contribution >= 4 is 25.8 Å². The molecule has 1 rings (SSSR count). The van der Waals surface area contributed by atoms with E-state index in [1.807, 2.05) is 19.9 Å². The van der Waals surface area contributed by atoms with Crippen LogP contribution in [0.4, 0.5) is 0 Å². The van der Waals surface area contributed by atoms with E-state index < -0.39 is 15.1 Å². The van der Waals surface area contributed by atoms with Crippen LogP contribution in [0.1, 0.15) is 26.7 Å². The van der Waals surface area contributed by atoms with E-state index in [1.54, 1.807) is 12.1 Å². The van der Waals surface area contributed by atoms with E-state index in [-0.39, 0.29) is 10.8 Å². The standard InChI is InChI=1S/C13H16BrNO2S/c1-3-10(4-2)13(9-15)18(16,17)12-7-5-11(14)6-8-12/h5-8,10,13H,3-4H2,1-2H3. The zero-order valence-electron chi connectivity index (χ0n) is 10.4. The van der Waals surface area contributed by atoms with E-state index in [4.69, 9.17) is 0 Å². The van der Waals surface area contributed by atoms with Gasteiger partial charge in [-0.2, -0.15) is 5.26 Å². The fourth-order valence-corrected chi connectivity index (χ4v) is 4.02. The predicted octanol–water partition coefficient (Wildman–Crippen LogP) is 3.55. The Balaban J connectivity index is 3.19. The fraction of sp³-hybridized carbons (Fsp3) is 0.462. The highest BCUT2D eigenvalue weighted by Gasteiger charge is 2.32. The van der Waals surface area contributed by atoms with Crippen LogP contribution in [0.2, 0.25) is 0 Å². The largest absolute Gasteiger partial charge is 0.222 e. The fourth-order valence-electron chi connectivity index (χ4n) is 1.92. The van der Waals surface area contributed by atoms with Crippen molar-refractivity contribution in [3.8, 4) is 6.07 Å². The minimum absolute atomic E-state index is 0.122. The summed E-state index contributed by atoms with van der Waals surface area (Å²) >= 11 is 3.26. The average Bonchev–Trinajstić information content (AvgIpc) is 2.35. The summed E-state index contributed by atoms with van der Waals surface area (Å²) in [4.78, 5) is 0.212. The molecule has 0 amide bonds. The highest BCUT2D eigenvalue weighted by atomic mass is 79.9. The van der Waals surface area contributed by atoms with E-state index >= 15 is 0 Å². The van der Waals surface area contributed by atoms with E-state index in [9.17, 15) is 13.7 Å². The zero-order chi connectivity index (χ0) is 13.8. The minimum Gasteiger partial charge on any atom is -0.222 e. The van der Waals surface area contributed by atoms with Crippen LogP contribution >= 0.6 is 15.9 Å². The maximum Gasteiger partial charge on any atom is 0.194 e. The molecule has 0 saturated heterocycles. The highest BCUT2D eigenvalue weighted by Crippen LogP contribution is 2.26. The first-order valence-electron chi connectivity index (χ1n) is 5.86. The molecule has 0 aromatic heterocycles. The molecular weight excluding hydrogens is 314 g/mol. The average molecular weight is 330 g/mol. The molecule has 1 aromatic carbocycles. The van der Waals surface area contributed by atoms with Crippen molar-refractivity contribution in [3.05, 3.63) is 28.7 Å². The number of halogens is 1. The molecule has 5 heteroatoms. The molecule has 0 saturated carbocycles. The molecule has 0 N–H and O–H groups in total. The molecule has 98 valence electrons. The summed E-state index contributed by atoms with van der Waals surface area (Å²) in [6.45, 7) is 3.82. The second-order valence-corrected chi connectivity index (χ2v) is 7.11. The Kier molecular flexibility index (Phi) is 5.36. The number of hydrogen-bond acceptors (Lipinski definition) is 3. The van der Waals surface area contributed by atoms with Crippen LogP contribution in [-0.4, -0.2) is 13.7 Å². The summed E-state index contributed by atoms with van der Waals surface area (Å²) in [6, 6.07) is 8.38. The monoisotopic (exact) mass is 329 g/mol. The zero-order valence-corrected chi connectivity index (χ0v) is 12.8.